The van der Waals surface area contributed by atoms with E-state index < -0.39 is 14.0 Å². The van der Waals surface area contributed by atoms with E-state index in [4.69, 9.17) is 1.37 Å². The van der Waals surface area contributed by atoms with Crippen molar-refractivity contribution in [3.63, 3.8) is 0 Å². The van der Waals surface area contributed by atoms with Crippen molar-refractivity contribution in [2.45, 2.75) is 71.5 Å². The summed E-state index contributed by atoms with van der Waals surface area (Å²) >= 11 is 1.61. The standard InChI is InChI=1S/C23H19FNS.C17H22NSi.Ir/c24-19-6-3-7-22-23(19)18-14-17(8-9-21(18)26-22)20-13-16(10-11-25-20)12-15-4-1-2-5-15;1-13(2)15-11-16(14-9-7-6-8-10-14)18-12-17(15)19(3,4)5;/h3,6-7,9-11,13-15H,1-2,4-5,12H2;6-9,11-13H,1-5H3;/q2*-1;/i;13D;. The number of aromatic nitrogens is 2. The Labute approximate surface area is 293 Å². The van der Waals surface area contributed by atoms with Gasteiger partial charge in [-0.3, -0.25) is 0 Å². The maximum atomic E-state index is 14.4. The molecular formula is C40H41FIrN2SSi-2. The molecule has 6 aromatic rings. The molecule has 1 fully saturated rings. The van der Waals surface area contributed by atoms with Crippen LogP contribution in [-0.4, -0.2) is 18.0 Å². The van der Waals surface area contributed by atoms with Crippen LogP contribution in [0.4, 0.5) is 4.39 Å². The Morgan fingerprint density at radius 2 is 1.72 bits per heavy atom. The average molecular weight is 822 g/mol. The van der Waals surface area contributed by atoms with Gasteiger partial charge in [0, 0.05) is 44.0 Å². The van der Waals surface area contributed by atoms with Crippen LogP contribution in [0.2, 0.25) is 19.6 Å². The van der Waals surface area contributed by atoms with Crippen molar-refractivity contribution in [2.75, 3.05) is 0 Å². The van der Waals surface area contributed by atoms with Gasteiger partial charge in [0.15, 0.2) is 0 Å². The molecule has 46 heavy (non-hydrogen) atoms. The van der Waals surface area contributed by atoms with Crippen molar-refractivity contribution < 1.29 is 25.9 Å². The number of halogens is 1. The molecule has 1 saturated carbocycles. The van der Waals surface area contributed by atoms with Gasteiger partial charge in [0.1, 0.15) is 5.82 Å². The molecule has 0 atom stereocenters. The maximum Gasteiger partial charge on any atom is 0.130 e. The first kappa shape index (κ1) is 32.9. The predicted octanol–water partition coefficient (Wildman–Crippen LogP) is 11.0. The van der Waals surface area contributed by atoms with Crippen LogP contribution in [-0.2, 0) is 26.5 Å². The van der Waals surface area contributed by atoms with E-state index in [9.17, 15) is 4.39 Å². The van der Waals surface area contributed by atoms with Crippen LogP contribution < -0.4 is 5.19 Å². The van der Waals surface area contributed by atoms with E-state index in [1.165, 1.54) is 42.5 Å². The SMILES string of the molecule is Fc1cccc2sc3c[c-]c(-c4cc(CC5CCCC5)ccn4)cc3c12.[2H]C(C)(C)c1cc(-c2[c-]cccc2)ncc1[Si](C)(C)C.[Ir]. The van der Waals surface area contributed by atoms with Crippen LogP contribution in [0.5, 0.6) is 0 Å². The average Bonchev–Trinajstić information content (AvgIpc) is 3.69. The summed E-state index contributed by atoms with van der Waals surface area (Å²) < 4.78 is 24.8. The smallest absolute Gasteiger partial charge is 0.130 e. The summed E-state index contributed by atoms with van der Waals surface area (Å²) in [7, 11) is -1.50. The van der Waals surface area contributed by atoms with Gasteiger partial charge in [-0.15, -0.1) is 59.7 Å². The molecule has 3 heterocycles. The van der Waals surface area contributed by atoms with Crippen molar-refractivity contribution in [3.05, 3.63) is 114 Å². The van der Waals surface area contributed by atoms with Gasteiger partial charge in [-0.2, -0.15) is 11.3 Å². The predicted molar refractivity (Wildman–Crippen MR) is 193 cm³/mol. The number of rotatable bonds is 6. The zero-order valence-corrected chi connectivity index (χ0v) is 31.4. The number of thiophene rings is 1. The van der Waals surface area contributed by atoms with Gasteiger partial charge < -0.3 is 9.97 Å². The van der Waals surface area contributed by atoms with E-state index in [0.29, 0.717) is 5.39 Å². The van der Waals surface area contributed by atoms with Crippen LogP contribution in [0.1, 0.15) is 57.9 Å². The molecule has 1 aliphatic rings. The third-order valence-electron chi connectivity index (χ3n) is 8.71. The number of hydrogen-bond acceptors (Lipinski definition) is 3. The first-order chi connectivity index (χ1) is 22.0. The van der Waals surface area contributed by atoms with Crippen molar-refractivity contribution >= 4 is 44.8 Å². The Morgan fingerprint density at radius 3 is 2.43 bits per heavy atom. The Hall–Kier alpha value is -3.02. The summed E-state index contributed by atoms with van der Waals surface area (Å²) in [5.74, 6) is 0.0442. The van der Waals surface area contributed by atoms with Crippen LogP contribution in [0, 0.1) is 23.9 Å². The van der Waals surface area contributed by atoms with E-state index in [-0.39, 0.29) is 25.9 Å². The molecule has 1 aliphatic carbocycles. The Kier molecular flexibility index (Phi) is 10.6. The number of benzene rings is 3. The van der Waals surface area contributed by atoms with Gasteiger partial charge in [-0.1, -0.05) is 93.9 Å². The van der Waals surface area contributed by atoms with Gasteiger partial charge in [0.2, 0.25) is 0 Å². The summed E-state index contributed by atoms with van der Waals surface area (Å²) in [5, 5.41) is 2.95. The maximum absolute atomic E-state index is 14.4. The van der Waals surface area contributed by atoms with Crippen LogP contribution in [0.25, 0.3) is 42.7 Å². The summed E-state index contributed by atoms with van der Waals surface area (Å²) in [6, 6.07) is 30.1. The molecule has 7 rings (SSSR count). The van der Waals surface area contributed by atoms with Crippen molar-refractivity contribution in [2.24, 2.45) is 5.92 Å². The fraction of sp³-hybridized carbons (Fsp3) is 0.300. The minimum absolute atomic E-state index is 0. The number of fused-ring (bicyclic) bond motifs is 3. The van der Waals surface area contributed by atoms with E-state index in [2.05, 4.69) is 59.9 Å². The van der Waals surface area contributed by atoms with Crippen LogP contribution in [0.15, 0.2) is 85.2 Å². The quantitative estimate of drug-likeness (QED) is 0.124. The first-order valence-corrected chi connectivity index (χ1v) is 20.2. The normalized spacial score (nSPS) is 14.1. The van der Waals surface area contributed by atoms with E-state index in [1.54, 1.807) is 17.4 Å². The fourth-order valence-corrected chi connectivity index (χ4v) is 9.00. The van der Waals surface area contributed by atoms with Gasteiger partial charge in [0.25, 0.3) is 0 Å². The second kappa shape index (κ2) is 14.8. The van der Waals surface area contributed by atoms with Gasteiger partial charge in [-0.05, 0) is 57.7 Å². The summed E-state index contributed by atoms with van der Waals surface area (Å²) in [4.78, 5) is 9.17. The van der Waals surface area contributed by atoms with E-state index in [1.807, 2.05) is 68.7 Å². The van der Waals surface area contributed by atoms with Crippen molar-refractivity contribution in [3.8, 4) is 22.5 Å². The molecule has 1 radical (unpaired) electrons. The molecule has 0 amide bonds. The molecule has 0 aliphatic heterocycles. The van der Waals surface area contributed by atoms with Crippen LogP contribution >= 0.6 is 11.3 Å². The van der Waals surface area contributed by atoms with Gasteiger partial charge >= 0.3 is 0 Å². The Balaban J connectivity index is 0.000000188. The molecule has 0 bridgehead atoms. The second-order valence-corrected chi connectivity index (χ2v) is 19.5. The molecule has 0 N–H and O–H groups in total. The largest absolute Gasteiger partial charge is 0.305 e. The Morgan fingerprint density at radius 1 is 0.935 bits per heavy atom. The third-order valence-corrected chi connectivity index (χ3v) is 11.8. The van der Waals surface area contributed by atoms with E-state index >= 15 is 0 Å². The minimum Gasteiger partial charge on any atom is -0.305 e. The first-order valence-electron chi connectivity index (χ1n) is 16.4. The Bertz CT molecular complexity index is 1970. The number of hydrogen-bond donors (Lipinski definition) is 0. The zero-order chi connectivity index (χ0) is 32.5. The molecule has 3 aromatic heterocycles. The molecule has 0 unspecified atom stereocenters. The molecule has 0 saturated heterocycles. The minimum atomic E-state index is -1.50. The zero-order valence-electron chi connectivity index (χ0n) is 28.2. The number of pyridine rings is 2. The third kappa shape index (κ3) is 7.74. The molecular weight excluding hydrogens is 780 g/mol. The van der Waals surface area contributed by atoms with Crippen molar-refractivity contribution in [1.82, 2.24) is 9.97 Å². The molecule has 3 aromatic carbocycles. The number of nitrogens with zero attached hydrogens (tertiary/aromatic N) is 2. The molecule has 239 valence electrons. The van der Waals surface area contributed by atoms with E-state index in [0.717, 1.165) is 55.2 Å². The second-order valence-electron chi connectivity index (χ2n) is 13.4. The summed E-state index contributed by atoms with van der Waals surface area (Å²) in [6.45, 7) is 10.8. The molecule has 2 nitrogen and oxygen atoms in total. The molecule has 0 spiro atoms. The van der Waals surface area contributed by atoms with Crippen molar-refractivity contribution in [1.29, 1.82) is 0 Å². The van der Waals surface area contributed by atoms with Gasteiger partial charge in [0.05, 0.1) is 8.07 Å². The fourth-order valence-electron chi connectivity index (χ4n) is 6.34. The summed E-state index contributed by atoms with van der Waals surface area (Å²) in [6.07, 6.45) is 10.4. The van der Waals surface area contributed by atoms with Crippen LogP contribution in [0.3, 0.4) is 0 Å². The molecule has 6 heteroatoms. The van der Waals surface area contributed by atoms with Gasteiger partial charge in [-0.25, -0.2) is 4.39 Å². The topological polar surface area (TPSA) is 25.8 Å². The monoisotopic (exact) mass is 822 g/mol. The summed E-state index contributed by atoms with van der Waals surface area (Å²) in [5.41, 5.74) is 6.20.